The predicted octanol–water partition coefficient (Wildman–Crippen LogP) is 5.24. The molecular formula is C28H31ClF4N4O3. The minimum atomic E-state index is -4.64. The average Bonchev–Trinajstić information content (AvgIpc) is 3.36. The van der Waals surface area contributed by atoms with Gasteiger partial charge in [0.25, 0.3) is 0 Å². The summed E-state index contributed by atoms with van der Waals surface area (Å²) < 4.78 is 53.8. The van der Waals surface area contributed by atoms with Gasteiger partial charge in [-0.1, -0.05) is 23.7 Å². The van der Waals surface area contributed by atoms with E-state index in [1.165, 1.54) is 44.1 Å². The Hall–Kier alpha value is -3.34. The number of likely N-dealkylation sites (N-methyl/N-ethyl adjacent to an activating group) is 1. The molecule has 4 amide bonds. The van der Waals surface area contributed by atoms with E-state index in [2.05, 4.69) is 0 Å². The van der Waals surface area contributed by atoms with Crippen LogP contribution in [0.25, 0.3) is 0 Å². The Morgan fingerprint density at radius 1 is 0.950 bits per heavy atom. The van der Waals surface area contributed by atoms with Gasteiger partial charge in [0, 0.05) is 69.7 Å². The molecule has 40 heavy (non-hydrogen) atoms. The first-order chi connectivity index (χ1) is 18.8. The molecule has 2 aliphatic heterocycles. The van der Waals surface area contributed by atoms with E-state index in [4.69, 9.17) is 11.6 Å². The molecule has 0 aromatic heterocycles. The first-order valence-electron chi connectivity index (χ1n) is 12.9. The lowest BCUT2D eigenvalue weighted by Crippen LogP contribution is -2.48. The van der Waals surface area contributed by atoms with Gasteiger partial charge in [0.05, 0.1) is 11.6 Å². The number of hydrogen-bond donors (Lipinski definition) is 0. The Morgan fingerprint density at radius 2 is 1.57 bits per heavy atom. The van der Waals surface area contributed by atoms with Crippen LogP contribution in [0.2, 0.25) is 5.02 Å². The van der Waals surface area contributed by atoms with Crippen molar-refractivity contribution in [3.8, 4) is 0 Å². The average molecular weight is 583 g/mol. The fourth-order valence-corrected chi connectivity index (χ4v) is 5.75. The highest BCUT2D eigenvalue weighted by atomic mass is 35.5. The largest absolute Gasteiger partial charge is 0.416 e. The minimum Gasteiger partial charge on any atom is -0.343 e. The number of benzene rings is 2. The number of carbonyl (C=O) groups excluding carboxylic acids is 3. The second-order valence-corrected chi connectivity index (χ2v) is 10.8. The Kier molecular flexibility index (Phi) is 8.63. The monoisotopic (exact) mass is 582 g/mol. The maximum absolute atomic E-state index is 13.7. The number of hydrogen-bond acceptors (Lipinski definition) is 3. The van der Waals surface area contributed by atoms with E-state index in [-0.39, 0.29) is 40.9 Å². The number of piperidine rings is 1. The molecule has 2 aliphatic rings. The van der Waals surface area contributed by atoms with Crippen LogP contribution in [0.15, 0.2) is 42.5 Å². The van der Waals surface area contributed by atoms with Gasteiger partial charge in [-0.15, -0.1) is 0 Å². The lowest BCUT2D eigenvalue weighted by molar-refractivity contribution is -0.139. The summed E-state index contributed by atoms with van der Waals surface area (Å²) >= 11 is 5.93. The number of halogens is 5. The Morgan fingerprint density at radius 3 is 2.15 bits per heavy atom. The molecule has 2 fully saturated rings. The van der Waals surface area contributed by atoms with Crippen LogP contribution in [0, 0.1) is 11.7 Å². The van der Waals surface area contributed by atoms with Crippen LogP contribution >= 0.6 is 11.6 Å². The van der Waals surface area contributed by atoms with Crippen LogP contribution in [0.5, 0.6) is 0 Å². The number of nitrogens with zero attached hydrogens (tertiary/aromatic N) is 4. The zero-order valence-electron chi connectivity index (χ0n) is 22.4. The van der Waals surface area contributed by atoms with Crippen molar-refractivity contribution in [2.75, 3.05) is 45.2 Å². The van der Waals surface area contributed by atoms with E-state index in [9.17, 15) is 31.9 Å². The van der Waals surface area contributed by atoms with Gasteiger partial charge >= 0.3 is 12.2 Å². The molecular weight excluding hydrogens is 552 g/mol. The molecule has 0 aliphatic carbocycles. The molecule has 0 radical (unpaired) electrons. The summed E-state index contributed by atoms with van der Waals surface area (Å²) in [5.74, 6) is -1.14. The number of carbonyl (C=O) groups is 3. The topological polar surface area (TPSA) is 64.2 Å². The molecule has 7 nitrogen and oxygen atoms in total. The first kappa shape index (κ1) is 29.6. The van der Waals surface area contributed by atoms with E-state index < -0.39 is 29.6 Å². The fraction of sp³-hybridized carbons (Fsp3) is 0.464. The van der Waals surface area contributed by atoms with Gasteiger partial charge in [-0.2, -0.15) is 13.2 Å². The maximum atomic E-state index is 13.7. The van der Waals surface area contributed by atoms with Crippen LogP contribution in [0.4, 0.5) is 28.0 Å². The highest BCUT2D eigenvalue weighted by molar-refractivity contribution is 6.31. The van der Waals surface area contributed by atoms with Gasteiger partial charge in [0.1, 0.15) is 5.82 Å². The third kappa shape index (κ3) is 6.35. The predicted molar refractivity (Wildman–Crippen MR) is 143 cm³/mol. The molecule has 4 rings (SSSR count). The number of anilines is 1. The van der Waals surface area contributed by atoms with Crippen molar-refractivity contribution in [1.29, 1.82) is 0 Å². The number of alkyl halides is 3. The van der Waals surface area contributed by atoms with Crippen molar-refractivity contribution >= 4 is 35.1 Å². The highest BCUT2D eigenvalue weighted by Gasteiger charge is 2.43. The molecule has 2 atom stereocenters. The second-order valence-electron chi connectivity index (χ2n) is 10.4. The van der Waals surface area contributed by atoms with Crippen LogP contribution in [0.3, 0.4) is 0 Å². The van der Waals surface area contributed by atoms with Crippen LogP contribution in [-0.4, -0.2) is 78.9 Å². The van der Waals surface area contributed by atoms with Crippen LogP contribution in [-0.2, 0) is 15.8 Å². The molecule has 2 aromatic carbocycles. The van der Waals surface area contributed by atoms with Crippen LogP contribution < -0.4 is 4.90 Å². The molecule has 216 valence electrons. The lowest BCUT2D eigenvalue weighted by atomic mass is 9.93. The summed E-state index contributed by atoms with van der Waals surface area (Å²) in [7, 11) is 2.90. The molecule has 0 saturated carbocycles. The summed E-state index contributed by atoms with van der Waals surface area (Å²) in [6, 6.07) is 7.66. The number of rotatable bonds is 4. The number of likely N-dealkylation sites (tertiary alicyclic amines) is 2. The third-order valence-corrected chi connectivity index (χ3v) is 8.09. The van der Waals surface area contributed by atoms with Crippen molar-refractivity contribution < 1.29 is 31.9 Å². The van der Waals surface area contributed by atoms with Crippen LogP contribution in [0.1, 0.15) is 36.8 Å². The molecule has 2 aromatic rings. The Labute approximate surface area is 235 Å². The normalized spacial score (nSPS) is 20.0. The molecule has 2 unspecified atom stereocenters. The molecule has 2 heterocycles. The minimum absolute atomic E-state index is 0.0295. The van der Waals surface area contributed by atoms with E-state index in [0.29, 0.717) is 32.5 Å². The Balaban J connectivity index is 1.57. The molecule has 0 spiro atoms. The first-order valence-corrected chi connectivity index (χ1v) is 13.3. The quantitative estimate of drug-likeness (QED) is 0.463. The smallest absolute Gasteiger partial charge is 0.343 e. The molecule has 12 heteroatoms. The van der Waals surface area contributed by atoms with Gasteiger partial charge in [0.2, 0.25) is 11.8 Å². The van der Waals surface area contributed by atoms with Crippen molar-refractivity contribution in [3.05, 3.63) is 64.4 Å². The second kappa shape index (κ2) is 11.6. The molecule has 0 N–H and O–H groups in total. The fourth-order valence-electron chi connectivity index (χ4n) is 5.52. The Bertz CT molecular complexity index is 1270. The van der Waals surface area contributed by atoms with Crippen molar-refractivity contribution in [3.63, 3.8) is 0 Å². The number of urea groups is 1. The van der Waals surface area contributed by atoms with E-state index in [0.717, 1.165) is 22.6 Å². The van der Waals surface area contributed by atoms with Gasteiger partial charge < -0.3 is 14.7 Å². The SMILES string of the molecule is CC(=O)N1CCC(C(=O)N2CC(c3ccc(F)cc3)C(N(C)C(=O)N(C)c3cc(Cl)cc(C(F)(F)F)c3)C2)CC1. The number of amides is 4. The van der Waals surface area contributed by atoms with Gasteiger partial charge in [-0.25, -0.2) is 9.18 Å². The van der Waals surface area contributed by atoms with Gasteiger partial charge in [-0.3, -0.25) is 14.5 Å². The zero-order chi connectivity index (χ0) is 29.4. The summed E-state index contributed by atoms with van der Waals surface area (Å²) in [4.78, 5) is 44.6. The standard InChI is InChI=1S/C28H31ClF4N4O3/c1-17(38)36-10-8-19(9-11-36)26(39)37-15-24(18-4-6-22(30)7-5-18)25(16-37)35(3)27(40)34(2)23-13-20(28(31,32)33)12-21(29)14-23/h4-7,12-14,19,24-25H,8-11,15-16H2,1-3H3. The van der Waals surface area contributed by atoms with Gasteiger partial charge in [-0.05, 0) is 48.7 Å². The molecule has 0 bridgehead atoms. The van der Waals surface area contributed by atoms with E-state index in [1.54, 1.807) is 21.9 Å². The van der Waals surface area contributed by atoms with Gasteiger partial charge in [0.15, 0.2) is 0 Å². The summed E-state index contributed by atoms with van der Waals surface area (Å²) in [5, 5.41) is -0.162. The van der Waals surface area contributed by atoms with Crippen molar-refractivity contribution in [2.24, 2.45) is 5.92 Å². The van der Waals surface area contributed by atoms with E-state index >= 15 is 0 Å². The summed E-state index contributed by atoms with van der Waals surface area (Å²) in [6.45, 7) is 2.98. The third-order valence-electron chi connectivity index (χ3n) is 7.87. The van der Waals surface area contributed by atoms with Crippen molar-refractivity contribution in [1.82, 2.24) is 14.7 Å². The highest BCUT2D eigenvalue weighted by Crippen LogP contribution is 2.36. The lowest BCUT2D eigenvalue weighted by Gasteiger charge is -2.33. The zero-order valence-corrected chi connectivity index (χ0v) is 23.2. The summed E-state index contributed by atoms with van der Waals surface area (Å²) in [6.07, 6.45) is -3.57. The maximum Gasteiger partial charge on any atom is 0.416 e. The summed E-state index contributed by atoms with van der Waals surface area (Å²) in [5.41, 5.74) is -0.273. The molecule has 2 saturated heterocycles. The van der Waals surface area contributed by atoms with Crippen molar-refractivity contribution in [2.45, 2.75) is 37.9 Å². The van der Waals surface area contributed by atoms with E-state index in [1.807, 2.05) is 0 Å².